The van der Waals surface area contributed by atoms with Crippen molar-refractivity contribution < 1.29 is 0 Å². The molecule has 1 unspecified atom stereocenters. The fraction of sp³-hybridized carbons (Fsp3) is 0.143. The van der Waals surface area contributed by atoms with E-state index >= 15 is 0 Å². The Morgan fingerprint density at radius 2 is 1.39 bits per heavy atom. The molecular formula is C14H10BrCl3. The molecule has 0 amide bonds. The molecule has 0 aliphatic carbocycles. The molecule has 0 heterocycles. The maximum absolute atomic E-state index is 6.13. The number of aryl methyl sites for hydroxylation is 1. The van der Waals surface area contributed by atoms with Gasteiger partial charge in [0.25, 0.3) is 0 Å². The van der Waals surface area contributed by atoms with Crippen LogP contribution in [0.2, 0.25) is 15.1 Å². The summed E-state index contributed by atoms with van der Waals surface area (Å²) in [4.78, 5) is 0.0466. The first-order chi connectivity index (χ1) is 8.49. The van der Waals surface area contributed by atoms with Gasteiger partial charge in [-0.05, 0) is 41.8 Å². The molecule has 0 nitrogen and oxygen atoms in total. The van der Waals surface area contributed by atoms with Crippen LogP contribution in [0.1, 0.15) is 21.5 Å². The molecule has 0 saturated heterocycles. The van der Waals surface area contributed by atoms with Crippen molar-refractivity contribution in [3.8, 4) is 0 Å². The molecule has 4 heteroatoms. The summed E-state index contributed by atoms with van der Waals surface area (Å²) < 4.78 is 0. The molecule has 1 atom stereocenters. The van der Waals surface area contributed by atoms with Gasteiger partial charge in [0.15, 0.2) is 0 Å². The van der Waals surface area contributed by atoms with Crippen LogP contribution in [0, 0.1) is 6.92 Å². The predicted octanol–water partition coefficient (Wildman–Crippen LogP) is 6.44. The van der Waals surface area contributed by atoms with Gasteiger partial charge in [-0.25, -0.2) is 0 Å². The molecule has 0 N–H and O–H groups in total. The molecule has 0 spiro atoms. The maximum Gasteiger partial charge on any atom is 0.0645 e. The van der Waals surface area contributed by atoms with Crippen molar-refractivity contribution in [1.29, 1.82) is 0 Å². The largest absolute Gasteiger partial charge is 0.0840 e. The van der Waals surface area contributed by atoms with Crippen LogP contribution in [0.5, 0.6) is 0 Å². The summed E-state index contributed by atoms with van der Waals surface area (Å²) in [6.45, 7) is 1.98. The van der Waals surface area contributed by atoms with Crippen LogP contribution in [0.15, 0.2) is 36.4 Å². The van der Waals surface area contributed by atoms with Gasteiger partial charge in [0.1, 0.15) is 0 Å². The van der Waals surface area contributed by atoms with E-state index < -0.39 is 0 Å². The molecule has 0 fully saturated rings. The molecule has 0 radical (unpaired) electrons. The third-order valence-corrected chi connectivity index (χ3v) is 4.93. The van der Waals surface area contributed by atoms with E-state index in [1.165, 1.54) is 0 Å². The molecule has 94 valence electrons. The van der Waals surface area contributed by atoms with Gasteiger partial charge in [-0.2, -0.15) is 0 Å². The Hall–Kier alpha value is -0.210. The highest BCUT2D eigenvalue weighted by Gasteiger charge is 2.12. The van der Waals surface area contributed by atoms with E-state index in [0.29, 0.717) is 10.0 Å². The van der Waals surface area contributed by atoms with Crippen molar-refractivity contribution in [1.82, 2.24) is 0 Å². The molecule has 2 rings (SSSR count). The smallest absolute Gasteiger partial charge is 0.0645 e. The van der Waals surface area contributed by atoms with Gasteiger partial charge in [-0.15, -0.1) is 0 Å². The number of halogens is 4. The first kappa shape index (κ1) is 14.2. The monoisotopic (exact) mass is 362 g/mol. The zero-order chi connectivity index (χ0) is 13.3. The average Bonchev–Trinajstić information content (AvgIpc) is 2.35. The van der Waals surface area contributed by atoms with Crippen LogP contribution < -0.4 is 0 Å². The summed E-state index contributed by atoms with van der Waals surface area (Å²) in [7, 11) is 0. The number of alkyl halides is 1. The molecule has 2 aromatic carbocycles. The zero-order valence-electron chi connectivity index (χ0n) is 9.55. The van der Waals surface area contributed by atoms with Crippen molar-refractivity contribution in [2.45, 2.75) is 11.8 Å². The van der Waals surface area contributed by atoms with Crippen LogP contribution in [0.25, 0.3) is 0 Å². The van der Waals surface area contributed by atoms with Gasteiger partial charge in [0.05, 0.1) is 14.9 Å². The van der Waals surface area contributed by atoms with Gasteiger partial charge >= 0.3 is 0 Å². The first-order valence-electron chi connectivity index (χ1n) is 5.34. The molecule has 0 bridgehead atoms. The Morgan fingerprint density at radius 1 is 0.833 bits per heavy atom. The Balaban J connectivity index is 2.37. The second-order valence-corrected chi connectivity index (χ2v) is 6.18. The third-order valence-electron chi connectivity index (χ3n) is 2.72. The lowest BCUT2D eigenvalue weighted by Crippen LogP contribution is -1.93. The molecule has 0 aliphatic heterocycles. The van der Waals surface area contributed by atoms with E-state index in [4.69, 9.17) is 34.8 Å². The molecule has 0 aromatic heterocycles. The van der Waals surface area contributed by atoms with E-state index in [1.54, 1.807) is 6.07 Å². The highest BCUT2D eigenvalue weighted by atomic mass is 79.9. The predicted molar refractivity (Wildman–Crippen MR) is 83.4 cm³/mol. The number of benzene rings is 2. The summed E-state index contributed by atoms with van der Waals surface area (Å²) in [5, 5.41) is 1.87. The summed E-state index contributed by atoms with van der Waals surface area (Å²) in [6.07, 6.45) is 0. The quantitative estimate of drug-likeness (QED) is 0.538. The van der Waals surface area contributed by atoms with Crippen molar-refractivity contribution in [3.05, 3.63) is 68.2 Å². The Bertz CT molecular complexity index is 530. The number of hydrogen-bond donors (Lipinski definition) is 0. The van der Waals surface area contributed by atoms with Crippen molar-refractivity contribution in [2.24, 2.45) is 0 Å². The second-order valence-electron chi connectivity index (χ2n) is 4.04. The normalized spacial score (nSPS) is 12.5. The average molecular weight is 364 g/mol. The van der Waals surface area contributed by atoms with Crippen molar-refractivity contribution in [3.63, 3.8) is 0 Å². The van der Waals surface area contributed by atoms with E-state index in [1.807, 2.05) is 37.3 Å². The highest BCUT2D eigenvalue weighted by Crippen LogP contribution is 2.35. The third kappa shape index (κ3) is 3.03. The standard InChI is InChI=1S/C14H10BrCl3/c1-8-2-3-9(6-12(8)17)14(15)10-4-5-11(16)13(18)7-10/h2-7,14H,1H3. The topological polar surface area (TPSA) is 0 Å². The minimum absolute atomic E-state index is 0.0466. The lowest BCUT2D eigenvalue weighted by Gasteiger charge is -2.12. The van der Waals surface area contributed by atoms with Gasteiger partial charge < -0.3 is 0 Å². The van der Waals surface area contributed by atoms with Gasteiger partial charge in [0, 0.05) is 5.02 Å². The summed E-state index contributed by atoms with van der Waals surface area (Å²) in [6, 6.07) is 11.6. The molecule has 0 aliphatic rings. The molecule has 2 aromatic rings. The fourth-order valence-electron chi connectivity index (χ4n) is 1.63. The van der Waals surface area contributed by atoms with Gasteiger partial charge in [-0.1, -0.05) is 68.9 Å². The van der Waals surface area contributed by atoms with E-state index in [9.17, 15) is 0 Å². The van der Waals surface area contributed by atoms with Crippen molar-refractivity contribution in [2.75, 3.05) is 0 Å². The van der Waals surface area contributed by atoms with Gasteiger partial charge in [0.2, 0.25) is 0 Å². The van der Waals surface area contributed by atoms with Crippen LogP contribution in [-0.4, -0.2) is 0 Å². The van der Waals surface area contributed by atoms with E-state index in [0.717, 1.165) is 21.7 Å². The molecular weight excluding hydrogens is 354 g/mol. The fourth-order valence-corrected chi connectivity index (χ4v) is 2.69. The Morgan fingerprint density at radius 3 is 1.94 bits per heavy atom. The van der Waals surface area contributed by atoms with Gasteiger partial charge in [-0.3, -0.25) is 0 Å². The second kappa shape index (κ2) is 5.83. The first-order valence-corrected chi connectivity index (χ1v) is 7.39. The van der Waals surface area contributed by atoms with Crippen LogP contribution >= 0.6 is 50.7 Å². The Kier molecular flexibility index (Phi) is 4.60. The van der Waals surface area contributed by atoms with E-state index in [-0.39, 0.29) is 4.83 Å². The van der Waals surface area contributed by atoms with Crippen molar-refractivity contribution >= 4 is 50.7 Å². The summed E-state index contributed by atoms with van der Waals surface area (Å²) >= 11 is 21.7. The lowest BCUT2D eigenvalue weighted by atomic mass is 10.0. The van der Waals surface area contributed by atoms with Crippen LogP contribution in [0.3, 0.4) is 0 Å². The number of rotatable bonds is 2. The summed E-state index contributed by atoms with van der Waals surface area (Å²) in [5.41, 5.74) is 3.20. The molecule has 0 saturated carbocycles. The highest BCUT2D eigenvalue weighted by molar-refractivity contribution is 9.09. The minimum Gasteiger partial charge on any atom is -0.0840 e. The summed E-state index contributed by atoms with van der Waals surface area (Å²) in [5.74, 6) is 0. The minimum atomic E-state index is 0.0466. The maximum atomic E-state index is 6.13. The molecule has 18 heavy (non-hydrogen) atoms. The van der Waals surface area contributed by atoms with Crippen LogP contribution in [0.4, 0.5) is 0 Å². The van der Waals surface area contributed by atoms with Crippen LogP contribution in [-0.2, 0) is 0 Å². The lowest BCUT2D eigenvalue weighted by molar-refractivity contribution is 1.17. The Labute approximate surface area is 130 Å². The zero-order valence-corrected chi connectivity index (χ0v) is 13.4. The number of hydrogen-bond acceptors (Lipinski definition) is 0. The SMILES string of the molecule is Cc1ccc(C(Br)c2ccc(Cl)c(Cl)c2)cc1Cl. The van der Waals surface area contributed by atoms with E-state index in [2.05, 4.69) is 15.9 Å².